The van der Waals surface area contributed by atoms with Gasteiger partial charge in [-0.25, -0.2) is 4.79 Å². The number of nitrogens with one attached hydrogen (secondary N) is 1. The highest BCUT2D eigenvalue weighted by molar-refractivity contribution is 5.91. The van der Waals surface area contributed by atoms with E-state index >= 15 is 0 Å². The summed E-state index contributed by atoms with van der Waals surface area (Å²) in [6.07, 6.45) is -0.649. The summed E-state index contributed by atoms with van der Waals surface area (Å²) in [5, 5.41) is 2.84. The lowest BCUT2D eigenvalue weighted by atomic mass is 10.2. The van der Waals surface area contributed by atoms with Crippen molar-refractivity contribution in [2.75, 3.05) is 7.11 Å². The molecular formula is C13H16N2O4. The molecule has 0 aliphatic rings. The number of rotatable bonds is 1. The lowest BCUT2D eigenvalue weighted by Crippen LogP contribution is -2.28. The molecule has 0 bridgehead atoms. The molecule has 1 aromatic carbocycles. The van der Waals surface area contributed by atoms with Gasteiger partial charge in [0.05, 0.1) is 12.5 Å². The number of hydrogen-bond acceptors (Lipinski definition) is 4. The van der Waals surface area contributed by atoms with E-state index < -0.39 is 11.7 Å². The number of hydrogen-bond donors (Lipinski definition) is 1. The van der Waals surface area contributed by atoms with Gasteiger partial charge in [-0.1, -0.05) is 6.07 Å². The van der Waals surface area contributed by atoms with Crippen LogP contribution in [0.3, 0.4) is 0 Å². The molecule has 2 aromatic rings. The Labute approximate surface area is 109 Å². The summed E-state index contributed by atoms with van der Waals surface area (Å²) in [6, 6.07) is 4.99. The van der Waals surface area contributed by atoms with Crippen molar-refractivity contribution >= 4 is 17.0 Å². The van der Waals surface area contributed by atoms with Crippen LogP contribution in [0.5, 0.6) is 5.75 Å². The average molecular weight is 264 g/mol. The van der Waals surface area contributed by atoms with Gasteiger partial charge < -0.3 is 9.47 Å². The molecule has 0 saturated heterocycles. The number of ether oxygens (including phenoxy) is 2. The molecule has 0 spiro atoms. The summed E-state index contributed by atoms with van der Waals surface area (Å²) >= 11 is 0. The van der Waals surface area contributed by atoms with Crippen LogP contribution in [-0.4, -0.2) is 28.6 Å². The number of aromatic nitrogens is 2. The second kappa shape index (κ2) is 4.46. The maximum Gasteiger partial charge on any atom is 0.434 e. The van der Waals surface area contributed by atoms with Crippen LogP contribution in [0.4, 0.5) is 4.79 Å². The Bertz CT molecular complexity index is 676. The lowest BCUT2D eigenvalue weighted by Gasteiger charge is -2.19. The molecule has 6 heteroatoms. The molecule has 1 heterocycles. The minimum absolute atomic E-state index is 0.361. The van der Waals surface area contributed by atoms with Gasteiger partial charge in [-0.2, -0.15) is 4.68 Å². The van der Waals surface area contributed by atoms with E-state index in [1.807, 2.05) is 0 Å². The van der Waals surface area contributed by atoms with Gasteiger partial charge in [0, 0.05) is 0 Å². The van der Waals surface area contributed by atoms with Gasteiger partial charge in [0.1, 0.15) is 16.9 Å². The summed E-state index contributed by atoms with van der Waals surface area (Å²) in [5.41, 5.74) is -0.629. The Balaban J connectivity index is 2.61. The van der Waals surface area contributed by atoms with Gasteiger partial charge in [0.2, 0.25) is 0 Å². The van der Waals surface area contributed by atoms with Crippen molar-refractivity contribution in [3.63, 3.8) is 0 Å². The van der Waals surface area contributed by atoms with Crippen LogP contribution in [0.25, 0.3) is 10.9 Å². The van der Waals surface area contributed by atoms with E-state index in [4.69, 9.17) is 9.47 Å². The maximum atomic E-state index is 12.1. The maximum absolute atomic E-state index is 12.1. The lowest BCUT2D eigenvalue weighted by molar-refractivity contribution is 0.0521. The normalized spacial score (nSPS) is 11.6. The van der Waals surface area contributed by atoms with Crippen molar-refractivity contribution < 1.29 is 14.3 Å². The first-order valence-electron chi connectivity index (χ1n) is 5.84. The third-order valence-corrected chi connectivity index (χ3v) is 2.48. The van der Waals surface area contributed by atoms with Crippen LogP contribution in [0.1, 0.15) is 20.8 Å². The molecule has 102 valence electrons. The second-order valence-corrected chi connectivity index (χ2v) is 5.11. The zero-order valence-electron chi connectivity index (χ0n) is 11.3. The van der Waals surface area contributed by atoms with Crippen molar-refractivity contribution in [2.24, 2.45) is 0 Å². The van der Waals surface area contributed by atoms with Crippen LogP contribution >= 0.6 is 0 Å². The quantitative estimate of drug-likeness (QED) is 0.856. The molecular weight excluding hydrogens is 248 g/mol. The number of methoxy groups -OCH3 is 1. The number of carbonyl (C=O) groups excluding carboxylic acids is 1. The molecule has 1 aromatic heterocycles. The first kappa shape index (κ1) is 13.2. The van der Waals surface area contributed by atoms with Crippen LogP contribution in [0.2, 0.25) is 0 Å². The topological polar surface area (TPSA) is 73.3 Å². The number of nitrogens with zero attached hydrogens (tertiary/aromatic N) is 1. The SMILES string of the molecule is COc1cccc2c(=O)[nH]n(C(=O)OC(C)(C)C)c12. The number of fused-ring (bicyclic) bond motifs is 1. The van der Waals surface area contributed by atoms with E-state index in [9.17, 15) is 9.59 Å². The number of benzene rings is 1. The molecule has 0 amide bonds. The van der Waals surface area contributed by atoms with Crippen molar-refractivity contribution in [3.05, 3.63) is 28.6 Å². The van der Waals surface area contributed by atoms with Crippen molar-refractivity contribution in [3.8, 4) is 5.75 Å². The largest absolute Gasteiger partial charge is 0.494 e. The summed E-state index contributed by atoms with van der Waals surface area (Å²) in [7, 11) is 1.48. The van der Waals surface area contributed by atoms with Crippen molar-refractivity contribution in [1.29, 1.82) is 0 Å². The summed E-state index contributed by atoms with van der Waals surface area (Å²) in [6.45, 7) is 5.27. The predicted molar refractivity (Wildman–Crippen MR) is 70.7 cm³/mol. The molecule has 0 unspecified atom stereocenters. The summed E-state index contributed by atoms with van der Waals surface area (Å²) in [4.78, 5) is 23.9. The van der Waals surface area contributed by atoms with Crippen LogP contribution in [0, 0.1) is 0 Å². The van der Waals surface area contributed by atoms with Gasteiger partial charge in [-0.3, -0.25) is 9.89 Å². The molecule has 0 atom stereocenters. The Kier molecular flexibility index (Phi) is 3.09. The summed E-state index contributed by atoms with van der Waals surface area (Å²) < 4.78 is 11.5. The third-order valence-electron chi connectivity index (χ3n) is 2.48. The molecule has 0 aliphatic carbocycles. The summed E-state index contributed by atoms with van der Waals surface area (Å²) in [5.74, 6) is 0.432. The standard InChI is InChI=1S/C13H16N2O4/c1-13(2,3)19-12(17)15-10-8(11(16)14-15)6-5-7-9(10)18-4/h5-7H,1-4H3,(H,14,16). The zero-order valence-corrected chi connectivity index (χ0v) is 11.3. The Morgan fingerprint density at radius 3 is 2.58 bits per heavy atom. The van der Waals surface area contributed by atoms with Crippen LogP contribution in [0.15, 0.2) is 23.0 Å². The number of aromatic amines is 1. The van der Waals surface area contributed by atoms with E-state index in [2.05, 4.69) is 5.10 Å². The van der Waals surface area contributed by atoms with Crippen LogP contribution < -0.4 is 10.3 Å². The van der Waals surface area contributed by atoms with E-state index in [1.54, 1.807) is 39.0 Å². The minimum Gasteiger partial charge on any atom is -0.494 e. The molecule has 1 N–H and O–H groups in total. The van der Waals surface area contributed by atoms with E-state index in [-0.39, 0.29) is 5.56 Å². The molecule has 2 rings (SSSR count). The van der Waals surface area contributed by atoms with Crippen molar-refractivity contribution in [1.82, 2.24) is 9.78 Å². The number of carbonyl (C=O) groups is 1. The molecule has 19 heavy (non-hydrogen) atoms. The number of para-hydroxylation sites is 1. The Hall–Kier alpha value is -2.24. The highest BCUT2D eigenvalue weighted by Crippen LogP contribution is 2.23. The third kappa shape index (κ3) is 2.47. The highest BCUT2D eigenvalue weighted by Gasteiger charge is 2.22. The fraction of sp³-hybridized carbons (Fsp3) is 0.385. The molecule has 0 fully saturated rings. The Morgan fingerprint density at radius 1 is 1.32 bits per heavy atom. The molecule has 0 radical (unpaired) electrons. The van der Waals surface area contributed by atoms with Gasteiger partial charge in [-0.15, -0.1) is 0 Å². The van der Waals surface area contributed by atoms with Gasteiger partial charge in [0.25, 0.3) is 5.56 Å². The van der Waals surface area contributed by atoms with Gasteiger partial charge in [-0.05, 0) is 32.9 Å². The van der Waals surface area contributed by atoms with Crippen molar-refractivity contribution in [2.45, 2.75) is 26.4 Å². The first-order chi connectivity index (χ1) is 8.83. The molecule has 0 aliphatic heterocycles. The minimum atomic E-state index is -0.649. The fourth-order valence-electron chi connectivity index (χ4n) is 1.76. The van der Waals surface area contributed by atoms with Gasteiger partial charge >= 0.3 is 6.09 Å². The average Bonchev–Trinajstić information content (AvgIpc) is 2.65. The second-order valence-electron chi connectivity index (χ2n) is 5.11. The number of H-pyrrole nitrogens is 1. The van der Waals surface area contributed by atoms with E-state index in [0.29, 0.717) is 16.7 Å². The molecule has 0 saturated carbocycles. The monoisotopic (exact) mass is 264 g/mol. The molecule has 6 nitrogen and oxygen atoms in total. The predicted octanol–water partition coefficient (Wildman–Crippen LogP) is 2.12. The zero-order chi connectivity index (χ0) is 14.2. The van der Waals surface area contributed by atoms with Crippen LogP contribution in [-0.2, 0) is 4.74 Å². The van der Waals surface area contributed by atoms with E-state index in [0.717, 1.165) is 4.68 Å². The first-order valence-corrected chi connectivity index (χ1v) is 5.84. The highest BCUT2D eigenvalue weighted by atomic mass is 16.6. The fourth-order valence-corrected chi connectivity index (χ4v) is 1.76. The van der Waals surface area contributed by atoms with Gasteiger partial charge in [0.15, 0.2) is 0 Å². The van der Waals surface area contributed by atoms with E-state index in [1.165, 1.54) is 7.11 Å². The Morgan fingerprint density at radius 2 is 2.00 bits per heavy atom. The smallest absolute Gasteiger partial charge is 0.434 e.